The number of nitrogens with one attached hydrogen (secondary N) is 1. The van der Waals surface area contributed by atoms with Gasteiger partial charge in [0.05, 0.1) is 18.4 Å². The van der Waals surface area contributed by atoms with Gasteiger partial charge in [-0.3, -0.25) is 14.3 Å². The maximum atomic E-state index is 12.8. The van der Waals surface area contributed by atoms with E-state index in [1.807, 2.05) is 54.6 Å². The molecule has 1 N–H and O–H groups in total. The van der Waals surface area contributed by atoms with Crippen molar-refractivity contribution in [3.05, 3.63) is 78.1 Å². The molecule has 1 aliphatic heterocycles. The molecule has 1 unspecified atom stereocenters. The average molecular weight is 374 g/mol. The van der Waals surface area contributed by atoms with Crippen molar-refractivity contribution < 1.29 is 9.59 Å². The van der Waals surface area contributed by atoms with Crippen LogP contribution in [0.2, 0.25) is 0 Å². The van der Waals surface area contributed by atoms with E-state index < -0.39 is 5.92 Å². The largest absolute Gasteiger partial charge is 0.323 e. The van der Waals surface area contributed by atoms with Crippen molar-refractivity contribution in [2.45, 2.75) is 19.4 Å². The van der Waals surface area contributed by atoms with Crippen LogP contribution in [0.15, 0.2) is 67.0 Å². The van der Waals surface area contributed by atoms with Crippen molar-refractivity contribution >= 4 is 23.2 Å². The van der Waals surface area contributed by atoms with Gasteiger partial charge >= 0.3 is 0 Å². The van der Waals surface area contributed by atoms with Crippen molar-refractivity contribution in [3.8, 4) is 0 Å². The summed E-state index contributed by atoms with van der Waals surface area (Å²) in [6, 6.07) is 17.8. The number of carbonyl (C=O) groups excluding carboxylic acids is 2. The number of aromatic nitrogens is 2. The standard InChI is InChI=1S/C22H22N4O2/c1-25-20-10-6-5-9-17(20)11-12-19(22(25)28)21(27)24-18-13-23-26(15-18)14-16-7-3-2-4-8-16/h2-10,13,15,19H,11-12,14H2,1H3,(H,24,27). The van der Waals surface area contributed by atoms with Gasteiger partial charge < -0.3 is 10.2 Å². The fraction of sp³-hybridized carbons (Fsp3) is 0.227. The summed E-state index contributed by atoms with van der Waals surface area (Å²) < 4.78 is 1.77. The monoisotopic (exact) mass is 374 g/mol. The second-order valence-electron chi connectivity index (χ2n) is 7.02. The van der Waals surface area contributed by atoms with E-state index in [2.05, 4.69) is 10.4 Å². The van der Waals surface area contributed by atoms with Gasteiger partial charge in [0.1, 0.15) is 5.92 Å². The molecule has 1 atom stereocenters. The van der Waals surface area contributed by atoms with Crippen LogP contribution in [-0.4, -0.2) is 28.6 Å². The van der Waals surface area contributed by atoms with Crippen LogP contribution in [0.25, 0.3) is 0 Å². The van der Waals surface area contributed by atoms with E-state index >= 15 is 0 Å². The van der Waals surface area contributed by atoms with Crippen LogP contribution in [0.5, 0.6) is 0 Å². The first-order chi connectivity index (χ1) is 13.6. The normalized spacial score (nSPS) is 16.4. The van der Waals surface area contributed by atoms with Crippen LogP contribution in [-0.2, 0) is 22.6 Å². The molecule has 0 saturated heterocycles. The second-order valence-corrected chi connectivity index (χ2v) is 7.02. The first-order valence-electron chi connectivity index (χ1n) is 9.34. The molecule has 0 radical (unpaired) electrons. The predicted octanol–water partition coefficient (Wildman–Crippen LogP) is 3.10. The molecule has 2 aromatic carbocycles. The zero-order valence-corrected chi connectivity index (χ0v) is 15.7. The van der Waals surface area contributed by atoms with Gasteiger partial charge in [-0.2, -0.15) is 5.10 Å². The summed E-state index contributed by atoms with van der Waals surface area (Å²) >= 11 is 0. The third kappa shape index (κ3) is 3.67. The van der Waals surface area contributed by atoms with Gasteiger partial charge in [0.25, 0.3) is 0 Å². The Labute approximate surface area is 163 Å². The van der Waals surface area contributed by atoms with E-state index in [-0.39, 0.29) is 11.8 Å². The highest BCUT2D eigenvalue weighted by Gasteiger charge is 2.33. The number of amides is 2. The molecule has 0 bridgehead atoms. The molecule has 28 heavy (non-hydrogen) atoms. The summed E-state index contributed by atoms with van der Waals surface area (Å²) in [5, 5.41) is 7.15. The molecule has 1 aliphatic rings. The van der Waals surface area contributed by atoms with E-state index in [4.69, 9.17) is 0 Å². The quantitative estimate of drug-likeness (QED) is 0.714. The average Bonchev–Trinajstić information content (AvgIpc) is 3.10. The summed E-state index contributed by atoms with van der Waals surface area (Å²) in [5.41, 5.74) is 3.68. The van der Waals surface area contributed by atoms with Gasteiger partial charge in [-0.05, 0) is 30.0 Å². The Morgan fingerprint density at radius 1 is 1.14 bits per heavy atom. The van der Waals surface area contributed by atoms with Gasteiger partial charge in [0.2, 0.25) is 11.8 Å². The summed E-state index contributed by atoms with van der Waals surface area (Å²) in [7, 11) is 1.73. The molecule has 2 amide bonds. The number of carbonyl (C=O) groups is 2. The maximum Gasteiger partial charge on any atom is 0.239 e. The SMILES string of the molecule is CN1C(=O)C(C(=O)Nc2cnn(Cc3ccccc3)c2)CCc2ccccc21. The molecule has 0 aliphatic carbocycles. The molecule has 0 spiro atoms. The number of nitrogens with zero attached hydrogens (tertiary/aromatic N) is 3. The number of aryl methyl sites for hydroxylation is 1. The highest BCUT2D eigenvalue weighted by molar-refractivity contribution is 6.12. The van der Waals surface area contributed by atoms with E-state index in [9.17, 15) is 9.59 Å². The number of hydrogen-bond acceptors (Lipinski definition) is 3. The zero-order valence-electron chi connectivity index (χ0n) is 15.7. The van der Waals surface area contributed by atoms with Crippen molar-refractivity contribution in [2.24, 2.45) is 5.92 Å². The lowest BCUT2D eigenvalue weighted by Crippen LogP contribution is -2.38. The number of hydrogen-bond donors (Lipinski definition) is 1. The zero-order chi connectivity index (χ0) is 19.5. The molecular formula is C22H22N4O2. The minimum Gasteiger partial charge on any atom is -0.323 e. The Morgan fingerprint density at radius 2 is 1.89 bits per heavy atom. The Kier molecular flexibility index (Phi) is 4.93. The fourth-order valence-corrected chi connectivity index (χ4v) is 3.58. The van der Waals surface area contributed by atoms with Crippen LogP contribution >= 0.6 is 0 Å². The van der Waals surface area contributed by atoms with Crippen molar-refractivity contribution in [3.63, 3.8) is 0 Å². The summed E-state index contributed by atoms with van der Waals surface area (Å²) in [4.78, 5) is 27.2. The van der Waals surface area contributed by atoms with Gasteiger partial charge in [-0.15, -0.1) is 0 Å². The number of benzene rings is 2. The van der Waals surface area contributed by atoms with E-state index in [1.165, 1.54) is 0 Å². The van der Waals surface area contributed by atoms with Crippen LogP contribution < -0.4 is 10.2 Å². The van der Waals surface area contributed by atoms with Crippen LogP contribution in [0, 0.1) is 5.92 Å². The van der Waals surface area contributed by atoms with Crippen LogP contribution in [0.4, 0.5) is 11.4 Å². The number of para-hydroxylation sites is 1. The second kappa shape index (κ2) is 7.68. The molecule has 3 aromatic rings. The van der Waals surface area contributed by atoms with Gasteiger partial charge in [0, 0.05) is 18.9 Å². The maximum absolute atomic E-state index is 12.8. The Balaban J connectivity index is 1.45. The summed E-state index contributed by atoms with van der Waals surface area (Å²) in [6.07, 6.45) is 4.58. The lowest BCUT2D eigenvalue weighted by molar-refractivity contribution is -0.130. The lowest BCUT2D eigenvalue weighted by Gasteiger charge is -2.20. The first-order valence-corrected chi connectivity index (χ1v) is 9.34. The third-order valence-electron chi connectivity index (χ3n) is 5.09. The molecule has 142 valence electrons. The topological polar surface area (TPSA) is 67.2 Å². The molecule has 2 heterocycles. The minimum atomic E-state index is -0.713. The van der Waals surface area contributed by atoms with Crippen LogP contribution in [0.3, 0.4) is 0 Å². The van der Waals surface area contributed by atoms with Crippen molar-refractivity contribution in [1.82, 2.24) is 9.78 Å². The third-order valence-corrected chi connectivity index (χ3v) is 5.09. The molecule has 0 fully saturated rings. The van der Waals surface area contributed by atoms with Gasteiger partial charge in [0.15, 0.2) is 0 Å². The molecule has 6 heteroatoms. The fourth-order valence-electron chi connectivity index (χ4n) is 3.58. The molecular weight excluding hydrogens is 352 g/mol. The van der Waals surface area contributed by atoms with Crippen molar-refractivity contribution in [2.75, 3.05) is 17.3 Å². The molecule has 1 aromatic heterocycles. The smallest absolute Gasteiger partial charge is 0.239 e. The van der Waals surface area contributed by atoms with Gasteiger partial charge in [-0.1, -0.05) is 48.5 Å². The first kappa shape index (κ1) is 18.0. The van der Waals surface area contributed by atoms with E-state index in [0.717, 1.165) is 16.8 Å². The van der Waals surface area contributed by atoms with Crippen LogP contribution in [0.1, 0.15) is 17.5 Å². The Morgan fingerprint density at radius 3 is 2.71 bits per heavy atom. The van der Waals surface area contributed by atoms with Gasteiger partial charge in [-0.25, -0.2) is 0 Å². The summed E-state index contributed by atoms with van der Waals surface area (Å²) in [6.45, 7) is 0.622. The lowest BCUT2D eigenvalue weighted by atomic mass is 9.99. The Hall–Kier alpha value is -3.41. The highest BCUT2D eigenvalue weighted by atomic mass is 16.2. The number of fused-ring (bicyclic) bond motifs is 1. The number of anilines is 2. The van der Waals surface area contributed by atoms with Crippen molar-refractivity contribution in [1.29, 1.82) is 0 Å². The van der Waals surface area contributed by atoms with E-state index in [1.54, 1.807) is 29.0 Å². The highest BCUT2D eigenvalue weighted by Crippen LogP contribution is 2.28. The minimum absolute atomic E-state index is 0.181. The Bertz CT molecular complexity index is 997. The van der Waals surface area contributed by atoms with E-state index in [0.29, 0.717) is 25.1 Å². The molecule has 0 saturated carbocycles. The molecule has 4 rings (SSSR count). The predicted molar refractivity (Wildman–Crippen MR) is 108 cm³/mol. The summed E-state index contributed by atoms with van der Waals surface area (Å²) in [5.74, 6) is -1.18. The molecule has 6 nitrogen and oxygen atoms in total. The number of rotatable bonds is 4.